The highest BCUT2D eigenvalue weighted by atomic mass is 32.1. The van der Waals surface area contributed by atoms with E-state index in [9.17, 15) is 5.11 Å². The van der Waals surface area contributed by atoms with Crippen molar-refractivity contribution in [3.8, 4) is 0 Å². The molecule has 2 saturated heterocycles. The van der Waals surface area contributed by atoms with Gasteiger partial charge in [0, 0.05) is 0 Å². The van der Waals surface area contributed by atoms with Crippen LogP contribution < -0.4 is 11.2 Å². The van der Waals surface area contributed by atoms with Gasteiger partial charge in [0.15, 0.2) is 17.2 Å². The number of nitrogens with zero attached hydrogens (tertiary/aromatic N) is 1. The second-order valence-electron chi connectivity index (χ2n) is 4.31. The molecule has 4 N–H and O–H groups in total. The Labute approximate surface area is 104 Å². The van der Waals surface area contributed by atoms with Crippen molar-refractivity contribution in [3.05, 3.63) is 0 Å². The molecule has 0 aromatic heterocycles. The van der Waals surface area contributed by atoms with Crippen molar-refractivity contribution in [2.24, 2.45) is 10.8 Å². The fourth-order valence-corrected chi connectivity index (χ4v) is 1.87. The maximum absolute atomic E-state index is 9.94. The van der Waals surface area contributed by atoms with E-state index >= 15 is 0 Å². The Hall–Kier alpha value is -0.800. The van der Waals surface area contributed by atoms with Gasteiger partial charge in [-0.25, -0.2) is 0 Å². The number of aliphatic hydroxyl groups is 1. The van der Waals surface area contributed by atoms with Gasteiger partial charge in [-0.3, -0.25) is 5.43 Å². The highest BCUT2D eigenvalue weighted by Crippen LogP contribution is 2.36. The Morgan fingerprint density at radius 3 is 2.82 bits per heavy atom. The molecule has 4 atom stereocenters. The first-order chi connectivity index (χ1) is 7.89. The van der Waals surface area contributed by atoms with E-state index in [0.29, 0.717) is 0 Å². The predicted molar refractivity (Wildman–Crippen MR) is 63.1 cm³/mol. The molecular weight excluding hydrogens is 246 g/mol. The van der Waals surface area contributed by atoms with Gasteiger partial charge in [-0.2, -0.15) is 5.10 Å². The number of thiocarbonyl (C=S) groups is 1. The second kappa shape index (κ2) is 4.46. The van der Waals surface area contributed by atoms with Crippen LogP contribution in [-0.4, -0.2) is 46.8 Å². The van der Waals surface area contributed by atoms with Crippen LogP contribution in [0.1, 0.15) is 13.8 Å². The minimum Gasteiger partial charge on any atom is -0.387 e. The van der Waals surface area contributed by atoms with Crippen molar-refractivity contribution in [2.45, 2.75) is 44.2 Å². The average Bonchev–Trinajstić information content (AvgIpc) is 2.62. The van der Waals surface area contributed by atoms with Crippen molar-refractivity contribution in [2.75, 3.05) is 0 Å². The van der Waals surface area contributed by atoms with E-state index in [0.717, 1.165) is 0 Å². The molecule has 2 rings (SSSR count). The van der Waals surface area contributed by atoms with Gasteiger partial charge in [-0.05, 0) is 26.1 Å². The maximum Gasteiger partial charge on any atom is 0.190 e. The van der Waals surface area contributed by atoms with Crippen LogP contribution in [0.3, 0.4) is 0 Å². The molecule has 2 fully saturated rings. The van der Waals surface area contributed by atoms with Crippen molar-refractivity contribution in [3.63, 3.8) is 0 Å². The number of ether oxygens (including phenoxy) is 3. The zero-order valence-corrected chi connectivity index (χ0v) is 10.3. The first kappa shape index (κ1) is 12.7. The van der Waals surface area contributed by atoms with Gasteiger partial charge in [0.25, 0.3) is 0 Å². The third kappa shape index (κ3) is 2.72. The quantitative estimate of drug-likeness (QED) is 0.334. The molecule has 96 valence electrons. The molecule has 0 aliphatic carbocycles. The van der Waals surface area contributed by atoms with E-state index < -0.39 is 30.4 Å². The van der Waals surface area contributed by atoms with E-state index in [2.05, 4.69) is 22.7 Å². The van der Waals surface area contributed by atoms with Crippen LogP contribution in [0.4, 0.5) is 0 Å². The first-order valence-corrected chi connectivity index (χ1v) is 5.58. The molecule has 7 nitrogen and oxygen atoms in total. The van der Waals surface area contributed by atoms with Gasteiger partial charge in [-0.1, -0.05) is 0 Å². The first-order valence-electron chi connectivity index (χ1n) is 5.17. The summed E-state index contributed by atoms with van der Waals surface area (Å²) in [6, 6.07) is 0. The summed E-state index contributed by atoms with van der Waals surface area (Å²) in [6.45, 7) is 3.53. The molecule has 0 bridgehead atoms. The summed E-state index contributed by atoms with van der Waals surface area (Å²) in [5.41, 5.74) is 7.57. The van der Waals surface area contributed by atoms with Crippen LogP contribution in [0.5, 0.6) is 0 Å². The monoisotopic (exact) mass is 261 g/mol. The molecule has 0 unspecified atom stereocenters. The lowest BCUT2D eigenvalue weighted by molar-refractivity contribution is -0.206. The van der Waals surface area contributed by atoms with Gasteiger partial charge < -0.3 is 25.1 Å². The summed E-state index contributed by atoms with van der Waals surface area (Å²) in [7, 11) is 0. The molecule has 0 saturated carbocycles. The maximum atomic E-state index is 9.94. The molecule has 2 heterocycles. The van der Waals surface area contributed by atoms with Gasteiger partial charge in [0.1, 0.15) is 18.3 Å². The van der Waals surface area contributed by atoms with Crippen LogP contribution in [0, 0.1) is 0 Å². The van der Waals surface area contributed by atoms with E-state index in [4.69, 9.17) is 19.9 Å². The largest absolute Gasteiger partial charge is 0.387 e. The minimum atomic E-state index is -0.835. The summed E-state index contributed by atoms with van der Waals surface area (Å²) in [5.74, 6) is -0.741. The number of nitrogens with one attached hydrogen (secondary N) is 1. The molecule has 8 heteroatoms. The third-order valence-corrected chi connectivity index (χ3v) is 2.54. The number of nitrogens with two attached hydrogens (primary N) is 1. The van der Waals surface area contributed by atoms with Crippen molar-refractivity contribution >= 4 is 23.5 Å². The zero-order valence-electron chi connectivity index (χ0n) is 9.49. The number of hydrogen-bond donors (Lipinski definition) is 3. The van der Waals surface area contributed by atoms with Gasteiger partial charge in [0.05, 0.1) is 6.21 Å². The van der Waals surface area contributed by atoms with Crippen LogP contribution in [0.25, 0.3) is 0 Å². The second-order valence-corrected chi connectivity index (χ2v) is 4.75. The van der Waals surface area contributed by atoms with E-state index in [-0.39, 0.29) is 5.11 Å². The van der Waals surface area contributed by atoms with E-state index in [1.807, 2.05) is 0 Å². The molecule has 2 aliphatic heterocycles. The Morgan fingerprint density at radius 2 is 2.24 bits per heavy atom. The Morgan fingerprint density at radius 1 is 1.53 bits per heavy atom. The fraction of sp³-hybridized carbons (Fsp3) is 0.778. The number of hydrazone groups is 1. The molecule has 0 amide bonds. The summed E-state index contributed by atoms with van der Waals surface area (Å²) in [6.07, 6.45) is -1.16. The van der Waals surface area contributed by atoms with E-state index in [1.54, 1.807) is 13.8 Å². The average molecular weight is 261 g/mol. The van der Waals surface area contributed by atoms with Crippen LogP contribution in [-0.2, 0) is 14.2 Å². The lowest BCUT2D eigenvalue weighted by Gasteiger charge is -2.21. The topological polar surface area (TPSA) is 98.3 Å². The number of fused-ring (bicyclic) bond motifs is 1. The number of rotatable bonds is 2. The van der Waals surface area contributed by atoms with Crippen LogP contribution >= 0.6 is 12.2 Å². The number of hydrogen-bond acceptors (Lipinski definition) is 6. The van der Waals surface area contributed by atoms with Crippen molar-refractivity contribution in [1.29, 1.82) is 0 Å². The molecule has 0 spiro atoms. The smallest absolute Gasteiger partial charge is 0.190 e. The predicted octanol–water partition coefficient (Wildman–Crippen LogP) is -0.957. The van der Waals surface area contributed by atoms with Gasteiger partial charge in [0.2, 0.25) is 0 Å². The summed E-state index contributed by atoms with van der Waals surface area (Å²) >= 11 is 4.58. The standard InChI is InChI=1S/C9H15N3O4S/c1-9(2)15-6-5(13)4(14-7(6)16-9)3-11-12-8(10)17/h3-7,13H,1-2H3,(H3,10,12,17)/b11-3-/t4-,5+,6-,7-/m1/s1. The van der Waals surface area contributed by atoms with Gasteiger partial charge in [-0.15, -0.1) is 0 Å². The molecule has 0 aromatic carbocycles. The minimum absolute atomic E-state index is 0.0440. The van der Waals surface area contributed by atoms with Crippen LogP contribution in [0.2, 0.25) is 0 Å². The summed E-state index contributed by atoms with van der Waals surface area (Å²) in [4.78, 5) is 0. The highest BCUT2D eigenvalue weighted by molar-refractivity contribution is 7.80. The fourth-order valence-electron chi connectivity index (χ4n) is 1.81. The Balaban J connectivity index is 1.94. The van der Waals surface area contributed by atoms with Crippen LogP contribution in [0.15, 0.2) is 5.10 Å². The third-order valence-electron chi connectivity index (χ3n) is 2.45. The normalized spacial score (nSPS) is 39.5. The Bertz CT molecular complexity index is 349. The molecular formula is C9H15N3O4S. The lowest BCUT2D eigenvalue weighted by atomic mass is 10.1. The highest BCUT2D eigenvalue weighted by Gasteiger charge is 2.53. The molecule has 2 aliphatic rings. The molecule has 17 heavy (non-hydrogen) atoms. The summed E-state index contributed by atoms with van der Waals surface area (Å²) < 4.78 is 16.4. The SMILES string of the molecule is CC1(C)O[C@H]2O[C@H](/C=N\NC(N)=S)[C@H](O)[C@H]2O1. The zero-order chi connectivity index (χ0) is 12.6. The number of aliphatic hydroxyl groups excluding tert-OH is 1. The van der Waals surface area contributed by atoms with Crippen molar-refractivity contribution in [1.82, 2.24) is 5.43 Å². The molecule has 0 radical (unpaired) electrons. The summed E-state index contributed by atoms with van der Waals surface area (Å²) in [5, 5.41) is 13.7. The Kier molecular flexibility index (Phi) is 3.32. The van der Waals surface area contributed by atoms with Crippen molar-refractivity contribution < 1.29 is 19.3 Å². The van der Waals surface area contributed by atoms with Gasteiger partial charge >= 0.3 is 0 Å². The lowest BCUT2D eigenvalue weighted by Crippen LogP contribution is -2.35. The van der Waals surface area contributed by atoms with E-state index in [1.165, 1.54) is 6.21 Å². The molecule has 0 aromatic rings.